The first kappa shape index (κ1) is 25.0. The van der Waals surface area contributed by atoms with Gasteiger partial charge in [-0.05, 0) is 49.4 Å². The summed E-state index contributed by atoms with van der Waals surface area (Å²) in [6.45, 7) is 2.83. The zero-order chi connectivity index (χ0) is 26.1. The zero-order valence-electron chi connectivity index (χ0n) is 20.8. The van der Waals surface area contributed by atoms with Crippen LogP contribution in [-0.2, 0) is 18.0 Å². The van der Waals surface area contributed by atoms with E-state index < -0.39 is 0 Å². The number of ketones is 1. The molecule has 0 fully saturated rings. The summed E-state index contributed by atoms with van der Waals surface area (Å²) in [5.74, 6) is 3.18. The van der Waals surface area contributed by atoms with E-state index in [0.717, 1.165) is 26.9 Å². The van der Waals surface area contributed by atoms with E-state index in [1.807, 2.05) is 19.1 Å². The number of halogens is 1. The Hall–Kier alpha value is -3.69. The van der Waals surface area contributed by atoms with Crippen LogP contribution in [0.2, 0.25) is 0 Å². The molecular formula is C28H25BrO8. The summed E-state index contributed by atoms with van der Waals surface area (Å²) >= 11 is 3.54. The third-order valence-corrected chi connectivity index (χ3v) is 6.65. The van der Waals surface area contributed by atoms with Crippen molar-refractivity contribution in [3.8, 4) is 34.5 Å². The summed E-state index contributed by atoms with van der Waals surface area (Å²) in [6, 6.07) is 11.0. The highest BCUT2D eigenvalue weighted by atomic mass is 79.9. The Morgan fingerprint density at radius 3 is 2.51 bits per heavy atom. The zero-order valence-corrected chi connectivity index (χ0v) is 22.4. The Bertz CT molecular complexity index is 1410. The van der Waals surface area contributed by atoms with E-state index in [1.165, 1.54) is 14.2 Å². The predicted octanol–water partition coefficient (Wildman–Crippen LogP) is 5.85. The molecule has 2 heterocycles. The van der Waals surface area contributed by atoms with Crippen molar-refractivity contribution in [2.45, 2.75) is 20.1 Å². The molecule has 8 nitrogen and oxygen atoms in total. The van der Waals surface area contributed by atoms with Crippen LogP contribution >= 0.6 is 15.9 Å². The molecule has 0 radical (unpaired) electrons. The van der Waals surface area contributed by atoms with Crippen LogP contribution in [0, 0.1) is 6.92 Å². The lowest BCUT2D eigenvalue weighted by molar-refractivity contribution is -0.0176. The minimum atomic E-state index is -0.226. The van der Waals surface area contributed by atoms with Crippen LogP contribution in [0.15, 0.2) is 46.6 Å². The van der Waals surface area contributed by atoms with Gasteiger partial charge in [0.25, 0.3) is 0 Å². The lowest BCUT2D eigenvalue weighted by atomic mass is 10.0. The second kappa shape index (κ2) is 10.4. The van der Waals surface area contributed by atoms with Gasteiger partial charge in [-0.2, -0.15) is 0 Å². The quantitative estimate of drug-likeness (QED) is 0.328. The fourth-order valence-corrected chi connectivity index (χ4v) is 4.98. The molecule has 0 atom stereocenters. The maximum absolute atomic E-state index is 13.2. The van der Waals surface area contributed by atoms with E-state index in [1.54, 1.807) is 37.5 Å². The van der Waals surface area contributed by atoms with Crippen molar-refractivity contribution in [2.24, 2.45) is 0 Å². The summed E-state index contributed by atoms with van der Waals surface area (Å²) in [5.41, 5.74) is 3.66. The van der Waals surface area contributed by atoms with Gasteiger partial charge in [0.05, 0.1) is 33.5 Å². The van der Waals surface area contributed by atoms with Crippen molar-refractivity contribution in [3.63, 3.8) is 0 Å². The Morgan fingerprint density at radius 1 is 0.973 bits per heavy atom. The van der Waals surface area contributed by atoms with E-state index in [2.05, 4.69) is 15.9 Å². The number of hydrogen-bond acceptors (Lipinski definition) is 8. The van der Waals surface area contributed by atoms with Crippen LogP contribution in [0.3, 0.4) is 0 Å². The van der Waals surface area contributed by atoms with Gasteiger partial charge < -0.3 is 33.2 Å². The van der Waals surface area contributed by atoms with Gasteiger partial charge in [0, 0.05) is 26.7 Å². The average molecular weight is 569 g/mol. The molecule has 2 aliphatic rings. The summed E-state index contributed by atoms with van der Waals surface area (Å²) in [5, 5.41) is 0. The number of rotatable bonds is 7. The Labute approximate surface area is 222 Å². The van der Waals surface area contributed by atoms with Crippen LogP contribution < -0.4 is 28.4 Å². The van der Waals surface area contributed by atoms with Gasteiger partial charge in [0.15, 0.2) is 24.1 Å². The Kier molecular flexibility index (Phi) is 6.99. The van der Waals surface area contributed by atoms with E-state index >= 15 is 0 Å². The fourth-order valence-electron chi connectivity index (χ4n) is 4.42. The topological polar surface area (TPSA) is 81.7 Å². The molecule has 3 aromatic carbocycles. The van der Waals surface area contributed by atoms with Crippen LogP contribution in [0.4, 0.5) is 0 Å². The highest BCUT2D eigenvalue weighted by molar-refractivity contribution is 9.10. The fraction of sp³-hybridized carbons (Fsp3) is 0.250. The molecule has 3 aromatic rings. The highest BCUT2D eigenvalue weighted by Crippen LogP contribution is 2.43. The van der Waals surface area contributed by atoms with E-state index in [4.69, 9.17) is 33.2 Å². The number of hydrogen-bond donors (Lipinski definition) is 0. The molecule has 0 spiro atoms. The van der Waals surface area contributed by atoms with Crippen LogP contribution in [0.1, 0.15) is 32.6 Å². The van der Waals surface area contributed by atoms with Crippen molar-refractivity contribution in [1.29, 1.82) is 0 Å². The third-order valence-electron chi connectivity index (χ3n) is 6.19. The number of benzene rings is 3. The van der Waals surface area contributed by atoms with Gasteiger partial charge in [-0.15, -0.1) is 0 Å². The summed E-state index contributed by atoms with van der Waals surface area (Å²) in [6.07, 6.45) is 1.64. The number of Topliss-reactive ketones (excluding diaryl/α,β-unsaturated/α-hetero) is 1. The van der Waals surface area contributed by atoms with Crippen LogP contribution in [0.25, 0.3) is 6.08 Å². The molecular weight excluding hydrogens is 544 g/mol. The van der Waals surface area contributed by atoms with Crippen LogP contribution in [0.5, 0.6) is 34.5 Å². The van der Waals surface area contributed by atoms with Gasteiger partial charge in [-0.3, -0.25) is 4.79 Å². The molecule has 0 aromatic heterocycles. The molecule has 0 unspecified atom stereocenters. The summed E-state index contributed by atoms with van der Waals surface area (Å²) in [7, 11) is 4.60. The van der Waals surface area contributed by atoms with E-state index in [0.29, 0.717) is 46.5 Å². The second-order valence-corrected chi connectivity index (χ2v) is 9.30. The molecule has 0 aliphatic carbocycles. The predicted molar refractivity (Wildman–Crippen MR) is 139 cm³/mol. The number of carbonyl (C=O) groups is 1. The van der Waals surface area contributed by atoms with Gasteiger partial charge in [-0.1, -0.05) is 15.9 Å². The Morgan fingerprint density at radius 2 is 1.76 bits per heavy atom. The maximum Gasteiger partial charge on any atom is 0.231 e. The van der Waals surface area contributed by atoms with Crippen molar-refractivity contribution >= 4 is 27.8 Å². The van der Waals surface area contributed by atoms with Gasteiger partial charge >= 0.3 is 0 Å². The van der Waals surface area contributed by atoms with Gasteiger partial charge in [0.2, 0.25) is 11.5 Å². The van der Waals surface area contributed by atoms with Crippen molar-refractivity contribution in [3.05, 3.63) is 74.4 Å². The number of carbonyl (C=O) groups excluding carboxylic acids is 1. The normalized spacial score (nSPS) is 14.9. The molecule has 0 N–H and O–H groups in total. The number of methoxy groups -OCH3 is 3. The smallest absolute Gasteiger partial charge is 0.231 e. The lowest BCUT2D eigenvalue weighted by Gasteiger charge is -2.21. The number of fused-ring (bicyclic) bond motifs is 2. The number of allylic oxidation sites excluding steroid dienone is 1. The van der Waals surface area contributed by atoms with Crippen molar-refractivity contribution < 1.29 is 38.0 Å². The SMILES string of the molecule is COc1ccc(/C=C2\Oc3c(ccc(OCc4cc(Br)cc5c4OCOC5)c3C)C2=O)c(OC)c1OC. The monoisotopic (exact) mass is 568 g/mol. The molecule has 0 bridgehead atoms. The lowest BCUT2D eigenvalue weighted by Crippen LogP contribution is -2.14. The standard InChI is InChI=1S/C28H25BrO8/c1-15-21(35-13-18-10-19(29)9-17-12-34-14-36-26(17)18)8-6-20-24(30)23(37-25(15)20)11-16-5-7-22(31-2)28(33-4)27(16)32-3/h5-11H,12-14H2,1-4H3/b23-11-. The van der Waals surface area contributed by atoms with Crippen LogP contribution in [-0.4, -0.2) is 33.9 Å². The van der Waals surface area contributed by atoms with Crippen molar-refractivity contribution in [2.75, 3.05) is 28.1 Å². The second-order valence-electron chi connectivity index (χ2n) is 8.38. The molecule has 2 aliphatic heterocycles. The first-order chi connectivity index (χ1) is 17.9. The summed E-state index contributed by atoms with van der Waals surface area (Å²) in [4.78, 5) is 13.2. The molecule has 0 saturated carbocycles. The minimum absolute atomic E-state index is 0.176. The maximum atomic E-state index is 13.2. The molecule has 0 amide bonds. The first-order valence-electron chi connectivity index (χ1n) is 11.5. The average Bonchev–Trinajstić information content (AvgIpc) is 3.23. The molecule has 37 heavy (non-hydrogen) atoms. The largest absolute Gasteiger partial charge is 0.493 e. The van der Waals surface area contributed by atoms with E-state index in [9.17, 15) is 4.79 Å². The third kappa shape index (κ3) is 4.60. The Balaban J connectivity index is 1.42. The molecule has 0 saturated heterocycles. The molecule has 9 heteroatoms. The van der Waals surface area contributed by atoms with E-state index in [-0.39, 0.29) is 24.9 Å². The highest BCUT2D eigenvalue weighted by Gasteiger charge is 2.31. The first-order valence-corrected chi connectivity index (χ1v) is 12.3. The van der Waals surface area contributed by atoms with Crippen molar-refractivity contribution in [1.82, 2.24) is 0 Å². The minimum Gasteiger partial charge on any atom is -0.493 e. The van der Waals surface area contributed by atoms with Gasteiger partial charge in [0.1, 0.15) is 23.9 Å². The summed E-state index contributed by atoms with van der Waals surface area (Å²) < 4.78 is 40.5. The number of ether oxygens (including phenoxy) is 7. The molecule has 5 rings (SSSR count). The van der Waals surface area contributed by atoms with Gasteiger partial charge in [-0.25, -0.2) is 0 Å². The molecule has 192 valence electrons.